The van der Waals surface area contributed by atoms with Crippen molar-refractivity contribution in [3.63, 3.8) is 0 Å². The molecule has 0 amide bonds. The molecule has 0 saturated heterocycles. The van der Waals surface area contributed by atoms with Gasteiger partial charge in [-0.2, -0.15) is 0 Å². The third kappa shape index (κ3) is 86.7. The van der Waals surface area contributed by atoms with E-state index in [1.807, 2.05) is 0 Å². The van der Waals surface area contributed by atoms with Crippen LogP contribution in [-0.2, 0) is 39.0 Å². The molecule has 0 N–H and O–H groups in total. The van der Waals surface area contributed by atoms with Crippen molar-refractivity contribution < 1.29 is 39.0 Å². The molecule has 0 aliphatic rings. The summed E-state index contributed by atoms with van der Waals surface area (Å²) in [4.78, 5) is 0. The Balaban J connectivity index is 0. The van der Waals surface area contributed by atoms with E-state index in [1.165, 1.54) is 0 Å². The number of rotatable bonds is 0. The van der Waals surface area contributed by atoms with Crippen LogP contribution in [0.3, 0.4) is 0 Å². The quantitative estimate of drug-likeness (QED) is 0.305. The van der Waals surface area contributed by atoms with E-state index in [0.29, 0.717) is 0 Å². The first-order valence-electron chi connectivity index (χ1n) is 0. The third-order valence-corrected chi connectivity index (χ3v) is 0. The Morgan fingerprint density at radius 3 is 0.182 bits per heavy atom. The Labute approximate surface area is 191 Å². The van der Waals surface area contributed by atoms with Crippen molar-refractivity contribution in [1.82, 2.24) is 0 Å². The molecule has 0 aliphatic heterocycles. The van der Waals surface area contributed by atoms with Gasteiger partial charge in [0.05, 0.1) is 0 Å². The Kier molecular flexibility index (Phi) is 1090. The first-order valence-corrected chi connectivity index (χ1v) is 0. The van der Waals surface area contributed by atoms with Crippen molar-refractivity contribution >= 4 is 156 Å². The second-order valence-electron chi connectivity index (χ2n) is 0. The molecule has 0 rings (SSSR count). The number of hydrogen-bond donors (Lipinski definition) is 0. The van der Waals surface area contributed by atoms with Crippen molar-refractivity contribution in [3.8, 4) is 0 Å². The fourth-order valence-electron chi connectivity index (χ4n) is 0. The summed E-state index contributed by atoms with van der Waals surface area (Å²) in [7, 11) is 0. The van der Waals surface area contributed by atoms with E-state index >= 15 is 0 Å². The summed E-state index contributed by atoms with van der Waals surface area (Å²) in [5.74, 6) is 0. The Morgan fingerprint density at radius 2 is 0.182 bits per heavy atom. The van der Waals surface area contributed by atoms with Crippen LogP contribution in [0.5, 0.6) is 0 Å². The fraction of sp³-hybridized carbons (Fsp3) is 0. The zero-order valence-electron chi connectivity index (χ0n) is 0.667. The molecule has 0 nitrogen and oxygen atoms in total. The van der Waals surface area contributed by atoms with Crippen LogP contribution in [0.25, 0.3) is 0 Å². The van der Waals surface area contributed by atoms with E-state index in [-0.39, 0.29) is 195 Å². The normalized spacial score (nSPS) is 0. The maximum absolute atomic E-state index is 0. The standard InChI is InChI=1S/9Al.2Rh.27H. The fourth-order valence-corrected chi connectivity index (χ4v) is 0. The van der Waals surface area contributed by atoms with Crippen LogP contribution in [-0.4, -0.2) is 156 Å². The Morgan fingerprint density at radius 1 is 0.182 bits per heavy atom. The van der Waals surface area contributed by atoms with E-state index in [2.05, 4.69) is 0 Å². The molecule has 0 unspecified atom stereocenters. The van der Waals surface area contributed by atoms with Crippen molar-refractivity contribution in [3.05, 3.63) is 0 Å². The van der Waals surface area contributed by atoms with Crippen molar-refractivity contribution in [2.45, 2.75) is 0 Å². The average Bonchev–Trinajstić information content (AvgIpc) is 0. The van der Waals surface area contributed by atoms with Crippen molar-refractivity contribution in [2.24, 2.45) is 0 Å². The summed E-state index contributed by atoms with van der Waals surface area (Å²) in [6.07, 6.45) is 0. The van der Waals surface area contributed by atoms with Crippen LogP contribution >= 0.6 is 0 Å². The van der Waals surface area contributed by atoms with Crippen LogP contribution in [0.15, 0.2) is 0 Å². The van der Waals surface area contributed by atoms with E-state index in [4.69, 9.17) is 0 Å². The minimum Gasteiger partial charge on any atom is 0 e. The molecule has 0 spiro atoms. The summed E-state index contributed by atoms with van der Waals surface area (Å²) in [5, 5.41) is 0. The van der Waals surface area contributed by atoms with Crippen LogP contribution in [0, 0.1) is 0 Å². The van der Waals surface area contributed by atoms with Gasteiger partial charge in [0, 0.05) is 39.0 Å². The summed E-state index contributed by atoms with van der Waals surface area (Å²) in [6.45, 7) is 0. The number of hydrogen-bond acceptors (Lipinski definition) is 0. The van der Waals surface area contributed by atoms with Gasteiger partial charge in [0.1, 0.15) is 0 Å². The van der Waals surface area contributed by atoms with Gasteiger partial charge in [0.25, 0.3) is 0 Å². The molecule has 0 heterocycles. The smallest absolute Gasteiger partial charge is 0 e. The summed E-state index contributed by atoms with van der Waals surface area (Å²) >= 11 is 0. The first-order chi connectivity index (χ1) is 0. The van der Waals surface area contributed by atoms with Gasteiger partial charge in [-0.25, -0.2) is 0 Å². The van der Waals surface area contributed by atoms with Gasteiger partial charge in [-0.3, -0.25) is 0 Å². The Hall–Kier alpha value is 6.04. The molecule has 0 aromatic rings. The van der Waals surface area contributed by atoms with Crippen molar-refractivity contribution in [1.29, 1.82) is 0 Å². The maximum Gasteiger partial charge on any atom is 0.187 e. The third-order valence-electron chi connectivity index (χ3n) is 0. The van der Waals surface area contributed by atoms with Crippen LogP contribution < -0.4 is 0 Å². The molecule has 0 aromatic heterocycles. The van der Waals surface area contributed by atoms with Gasteiger partial charge < -0.3 is 0 Å². The molecule has 0 saturated carbocycles. The predicted molar refractivity (Wildman–Crippen MR) is 89.5 cm³/mol. The Bertz CT molecular complexity index is 7.52. The van der Waals surface area contributed by atoms with Gasteiger partial charge in [0.15, 0.2) is 156 Å². The van der Waals surface area contributed by atoms with Gasteiger partial charge in [-0.05, 0) is 0 Å². The molecular formula is H27Al9Rh2. The molecule has 0 bridgehead atoms. The van der Waals surface area contributed by atoms with E-state index in [9.17, 15) is 0 Å². The summed E-state index contributed by atoms with van der Waals surface area (Å²) < 4.78 is 0. The van der Waals surface area contributed by atoms with E-state index < -0.39 is 0 Å². The summed E-state index contributed by atoms with van der Waals surface area (Å²) in [5.41, 5.74) is 0. The maximum atomic E-state index is 0. The first kappa shape index (κ1) is 120. The monoisotopic (exact) mass is 476 g/mol. The molecule has 0 atom stereocenters. The SMILES string of the molecule is [AlH3].[AlH3].[AlH3].[AlH3].[AlH3].[AlH3].[AlH3].[AlH3].[AlH3].[Rh].[Rh]. The minimum atomic E-state index is 0. The topological polar surface area (TPSA) is 0 Å². The van der Waals surface area contributed by atoms with Gasteiger partial charge in [-0.1, -0.05) is 0 Å². The molecule has 11 heavy (non-hydrogen) atoms. The molecule has 2 radical (unpaired) electrons. The molecule has 0 aliphatic carbocycles. The second kappa shape index (κ2) is 99.5. The van der Waals surface area contributed by atoms with Gasteiger partial charge in [0.2, 0.25) is 0 Å². The zero-order valence-corrected chi connectivity index (χ0v) is 3.94. The summed E-state index contributed by atoms with van der Waals surface area (Å²) in [6, 6.07) is 0. The van der Waals surface area contributed by atoms with Crippen LogP contribution in [0.2, 0.25) is 0 Å². The van der Waals surface area contributed by atoms with Crippen molar-refractivity contribution in [2.75, 3.05) is 0 Å². The predicted octanol–water partition coefficient (Wildman–Crippen LogP) is -10.7. The molecular weight excluding hydrogens is 449 g/mol. The van der Waals surface area contributed by atoms with E-state index in [1.54, 1.807) is 0 Å². The average molecular weight is 476 g/mol. The van der Waals surface area contributed by atoms with Crippen LogP contribution in [0.1, 0.15) is 0 Å². The minimum absolute atomic E-state index is 0. The van der Waals surface area contributed by atoms with Gasteiger partial charge in [-0.15, -0.1) is 0 Å². The largest absolute Gasteiger partial charge is 0.187 e. The molecule has 0 aromatic carbocycles. The van der Waals surface area contributed by atoms with Gasteiger partial charge >= 0.3 is 0 Å². The van der Waals surface area contributed by atoms with Crippen LogP contribution in [0.4, 0.5) is 0 Å². The zero-order chi connectivity index (χ0) is 0. The van der Waals surface area contributed by atoms with E-state index in [0.717, 1.165) is 0 Å². The second-order valence-corrected chi connectivity index (χ2v) is 0. The molecule has 72 valence electrons. The molecule has 11 heteroatoms. The molecule has 0 fully saturated rings.